The van der Waals surface area contributed by atoms with E-state index in [0.717, 1.165) is 42.1 Å². The second-order valence-corrected chi connectivity index (χ2v) is 7.16. The van der Waals surface area contributed by atoms with Crippen LogP contribution >= 0.6 is 0 Å². The van der Waals surface area contributed by atoms with Crippen molar-refractivity contribution in [2.24, 2.45) is 0 Å². The van der Waals surface area contributed by atoms with E-state index >= 15 is 0 Å². The minimum atomic E-state index is -0.0403. The van der Waals surface area contributed by atoms with E-state index < -0.39 is 0 Å². The first-order chi connectivity index (χ1) is 14.1. The van der Waals surface area contributed by atoms with Crippen LogP contribution in [0.1, 0.15) is 42.5 Å². The highest BCUT2D eigenvalue weighted by atomic mass is 16.5. The molecule has 0 saturated carbocycles. The topological polar surface area (TPSA) is 81.4 Å². The summed E-state index contributed by atoms with van der Waals surface area (Å²) in [7, 11) is 0. The first kappa shape index (κ1) is 19.1. The fourth-order valence-corrected chi connectivity index (χ4v) is 3.77. The van der Waals surface area contributed by atoms with Gasteiger partial charge in [0.05, 0.1) is 36.0 Å². The maximum Gasteiger partial charge on any atom is 0.226 e. The fraction of sp³-hybridized carbons (Fsp3) is 0.364. The first-order valence-corrected chi connectivity index (χ1v) is 9.87. The van der Waals surface area contributed by atoms with E-state index in [-0.39, 0.29) is 11.9 Å². The summed E-state index contributed by atoms with van der Waals surface area (Å²) < 4.78 is 10.9. The monoisotopic (exact) mass is 392 g/mol. The largest absolute Gasteiger partial charge is 0.493 e. The lowest BCUT2D eigenvalue weighted by molar-refractivity contribution is -0.132. The molecule has 0 bridgehead atoms. The molecule has 0 aliphatic carbocycles. The molecule has 1 atom stereocenters. The molecule has 7 heteroatoms. The Morgan fingerprint density at radius 1 is 1.24 bits per heavy atom. The number of para-hydroxylation sites is 1. The van der Waals surface area contributed by atoms with E-state index in [4.69, 9.17) is 14.2 Å². The molecular formula is C22H24N4O3. The molecule has 29 heavy (non-hydrogen) atoms. The van der Waals surface area contributed by atoms with Gasteiger partial charge in [-0.25, -0.2) is 9.97 Å². The smallest absolute Gasteiger partial charge is 0.226 e. The summed E-state index contributed by atoms with van der Waals surface area (Å²) in [4.78, 5) is 23.9. The molecule has 1 aliphatic rings. The summed E-state index contributed by atoms with van der Waals surface area (Å²) in [6.07, 6.45) is 3.93. The average Bonchev–Trinajstić information content (AvgIpc) is 3.36. The molecule has 3 aromatic rings. The Kier molecular flexibility index (Phi) is 5.55. The summed E-state index contributed by atoms with van der Waals surface area (Å²) in [6, 6.07) is 11.4. The lowest BCUT2D eigenvalue weighted by atomic mass is 10.1. The predicted octanol–water partition coefficient (Wildman–Crippen LogP) is 3.88. The number of benzene rings is 1. The van der Waals surface area contributed by atoms with Gasteiger partial charge in [0.2, 0.25) is 5.91 Å². The molecular weight excluding hydrogens is 368 g/mol. The van der Waals surface area contributed by atoms with Crippen molar-refractivity contribution in [1.29, 1.82) is 0 Å². The minimum absolute atomic E-state index is 0.0403. The minimum Gasteiger partial charge on any atom is -0.493 e. The third-order valence-electron chi connectivity index (χ3n) is 5.18. The number of rotatable bonds is 6. The van der Waals surface area contributed by atoms with Crippen LogP contribution in [0.25, 0.3) is 11.4 Å². The average molecular weight is 392 g/mol. The standard InChI is InChI=1S/C22H24N4O3/c1-15-21(16(2)29-25-15)22-23-12-10-18(24-22)19-9-6-13-26(19)20(27)11-14-28-17-7-4-3-5-8-17/h3-5,7-8,10,12,19H,6,9,11,13-14H2,1-2H3. The van der Waals surface area contributed by atoms with Crippen LogP contribution in [-0.4, -0.2) is 39.1 Å². The second kappa shape index (κ2) is 8.43. The van der Waals surface area contributed by atoms with Crippen LogP contribution in [0.2, 0.25) is 0 Å². The van der Waals surface area contributed by atoms with Gasteiger partial charge in [-0.05, 0) is 44.9 Å². The van der Waals surface area contributed by atoms with E-state index in [1.807, 2.05) is 55.1 Å². The Balaban J connectivity index is 1.45. The molecule has 0 spiro atoms. The quantitative estimate of drug-likeness (QED) is 0.633. The van der Waals surface area contributed by atoms with Crippen molar-refractivity contribution in [1.82, 2.24) is 20.0 Å². The first-order valence-electron chi connectivity index (χ1n) is 9.87. The molecule has 3 heterocycles. The van der Waals surface area contributed by atoms with Crippen LogP contribution in [0.3, 0.4) is 0 Å². The van der Waals surface area contributed by atoms with Crippen molar-refractivity contribution in [3.8, 4) is 17.1 Å². The van der Waals surface area contributed by atoms with Crippen LogP contribution in [0.5, 0.6) is 5.75 Å². The second-order valence-electron chi connectivity index (χ2n) is 7.16. The maximum atomic E-state index is 12.8. The molecule has 2 aromatic heterocycles. The van der Waals surface area contributed by atoms with Gasteiger partial charge < -0.3 is 14.2 Å². The number of hydrogen-bond acceptors (Lipinski definition) is 6. The molecule has 1 aliphatic heterocycles. The third-order valence-corrected chi connectivity index (χ3v) is 5.18. The van der Waals surface area contributed by atoms with Gasteiger partial charge in [0.25, 0.3) is 0 Å². The van der Waals surface area contributed by atoms with E-state index in [0.29, 0.717) is 24.6 Å². The molecule has 150 valence electrons. The lowest BCUT2D eigenvalue weighted by Gasteiger charge is -2.24. The number of carbonyl (C=O) groups excluding carboxylic acids is 1. The van der Waals surface area contributed by atoms with Crippen molar-refractivity contribution in [3.05, 3.63) is 59.7 Å². The van der Waals surface area contributed by atoms with E-state index in [1.165, 1.54) is 0 Å². The number of nitrogens with zero attached hydrogens (tertiary/aromatic N) is 4. The van der Waals surface area contributed by atoms with Crippen molar-refractivity contribution in [2.45, 2.75) is 39.2 Å². The molecule has 1 amide bonds. The number of aryl methyl sites for hydroxylation is 2. The third kappa shape index (κ3) is 4.13. The van der Waals surface area contributed by atoms with Gasteiger partial charge in [-0.15, -0.1) is 0 Å². The van der Waals surface area contributed by atoms with Crippen molar-refractivity contribution in [3.63, 3.8) is 0 Å². The molecule has 1 aromatic carbocycles. The number of aromatic nitrogens is 3. The van der Waals surface area contributed by atoms with Crippen molar-refractivity contribution in [2.75, 3.05) is 13.2 Å². The number of ether oxygens (including phenoxy) is 1. The van der Waals surface area contributed by atoms with Gasteiger partial charge in [-0.1, -0.05) is 23.4 Å². The van der Waals surface area contributed by atoms with Gasteiger partial charge >= 0.3 is 0 Å². The Labute approximate surface area is 169 Å². The Hall–Kier alpha value is -3.22. The number of carbonyl (C=O) groups is 1. The van der Waals surface area contributed by atoms with Crippen LogP contribution in [0.4, 0.5) is 0 Å². The molecule has 0 N–H and O–H groups in total. The van der Waals surface area contributed by atoms with Crippen LogP contribution in [0.15, 0.2) is 47.1 Å². The zero-order valence-electron chi connectivity index (χ0n) is 16.7. The number of likely N-dealkylation sites (tertiary alicyclic amines) is 1. The summed E-state index contributed by atoms with van der Waals surface area (Å²) in [6.45, 7) is 4.82. The SMILES string of the molecule is Cc1noc(C)c1-c1nccc(C2CCCN2C(=O)CCOc2ccccc2)n1. The maximum absolute atomic E-state index is 12.8. The van der Waals surface area contributed by atoms with Gasteiger partial charge in [0, 0.05) is 12.7 Å². The summed E-state index contributed by atoms with van der Waals surface area (Å²) in [5.41, 5.74) is 2.43. The van der Waals surface area contributed by atoms with Gasteiger partial charge in [-0.3, -0.25) is 4.79 Å². The van der Waals surface area contributed by atoms with Crippen molar-refractivity contribution >= 4 is 5.91 Å². The Bertz CT molecular complexity index is 967. The predicted molar refractivity (Wildman–Crippen MR) is 107 cm³/mol. The molecule has 4 rings (SSSR count). The van der Waals surface area contributed by atoms with Crippen LogP contribution in [-0.2, 0) is 4.79 Å². The normalized spacial score (nSPS) is 16.2. The Morgan fingerprint density at radius 3 is 2.83 bits per heavy atom. The van der Waals surface area contributed by atoms with Gasteiger partial charge in [0.1, 0.15) is 11.5 Å². The highest BCUT2D eigenvalue weighted by Crippen LogP contribution is 2.33. The summed E-state index contributed by atoms with van der Waals surface area (Å²) >= 11 is 0. The fourth-order valence-electron chi connectivity index (χ4n) is 3.77. The number of hydrogen-bond donors (Lipinski definition) is 0. The molecule has 0 radical (unpaired) electrons. The van der Waals surface area contributed by atoms with Crippen molar-refractivity contribution < 1.29 is 14.1 Å². The molecule has 1 saturated heterocycles. The molecule has 7 nitrogen and oxygen atoms in total. The van der Waals surface area contributed by atoms with E-state index in [1.54, 1.807) is 6.20 Å². The zero-order valence-corrected chi connectivity index (χ0v) is 16.7. The van der Waals surface area contributed by atoms with Gasteiger partial charge in [-0.2, -0.15) is 0 Å². The van der Waals surface area contributed by atoms with Crippen LogP contribution < -0.4 is 4.74 Å². The lowest BCUT2D eigenvalue weighted by Crippen LogP contribution is -2.32. The van der Waals surface area contributed by atoms with E-state index in [9.17, 15) is 4.79 Å². The Morgan fingerprint density at radius 2 is 2.07 bits per heavy atom. The summed E-state index contributed by atoms with van der Waals surface area (Å²) in [5.74, 6) is 2.14. The molecule has 1 unspecified atom stereocenters. The van der Waals surface area contributed by atoms with Gasteiger partial charge in [0.15, 0.2) is 5.82 Å². The van der Waals surface area contributed by atoms with Crippen LogP contribution in [0, 0.1) is 13.8 Å². The van der Waals surface area contributed by atoms with E-state index in [2.05, 4.69) is 10.1 Å². The summed E-state index contributed by atoms with van der Waals surface area (Å²) in [5, 5.41) is 3.99. The zero-order chi connectivity index (χ0) is 20.2. The number of amides is 1. The molecule has 1 fully saturated rings. The highest BCUT2D eigenvalue weighted by molar-refractivity contribution is 5.77. The highest BCUT2D eigenvalue weighted by Gasteiger charge is 2.31.